The Hall–Kier alpha value is -0.340. The molecule has 2 N–H and O–H groups in total. The lowest BCUT2D eigenvalue weighted by atomic mass is 10.1. The van der Waals surface area contributed by atoms with E-state index in [0.717, 1.165) is 52.4 Å². The Balaban J connectivity index is 0.00000162. The van der Waals surface area contributed by atoms with Gasteiger partial charge in [-0.25, -0.2) is 4.99 Å². The van der Waals surface area contributed by atoms with Crippen LogP contribution in [0.15, 0.2) is 16.6 Å². The summed E-state index contributed by atoms with van der Waals surface area (Å²) in [6.45, 7) is 6.12. The van der Waals surface area contributed by atoms with E-state index in [1.54, 1.807) is 0 Å². The van der Waals surface area contributed by atoms with Gasteiger partial charge in [0.15, 0.2) is 5.96 Å². The summed E-state index contributed by atoms with van der Waals surface area (Å²) >= 11 is 0. The van der Waals surface area contributed by atoms with Gasteiger partial charge in [-0.2, -0.15) is 0 Å². The topological polar surface area (TPSA) is 54.1 Å². The number of rotatable bonds is 2. The van der Waals surface area contributed by atoms with Crippen molar-refractivity contribution >= 4 is 29.9 Å². The molecule has 18 heavy (non-hydrogen) atoms. The SMILES string of the molecule is CN1CC=C(CN=C(N)N2CCOCC2)CC1.I. The molecule has 0 amide bonds. The first kappa shape index (κ1) is 15.7. The van der Waals surface area contributed by atoms with Gasteiger partial charge in [0.2, 0.25) is 0 Å². The lowest BCUT2D eigenvalue weighted by Gasteiger charge is -2.28. The van der Waals surface area contributed by atoms with Crippen molar-refractivity contribution in [2.24, 2.45) is 10.7 Å². The molecular weight excluding hydrogens is 343 g/mol. The van der Waals surface area contributed by atoms with E-state index in [2.05, 4.69) is 27.9 Å². The number of nitrogens with two attached hydrogens (primary N) is 1. The Morgan fingerprint density at radius 2 is 2.11 bits per heavy atom. The van der Waals surface area contributed by atoms with Gasteiger partial charge in [-0.05, 0) is 13.5 Å². The Labute approximate surface area is 126 Å². The molecule has 6 heteroatoms. The van der Waals surface area contributed by atoms with Crippen LogP contribution in [-0.4, -0.2) is 68.7 Å². The fourth-order valence-corrected chi connectivity index (χ4v) is 2.03. The van der Waals surface area contributed by atoms with Crippen molar-refractivity contribution < 1.29 is 4.74 Å². The van der Waals surface area contributed by atoms with Crippen LogP contribution >= 0.6 is 24.0 Å². The van der Waals surface area contributed by atoms with Crippen LogP contribution in [-0.2, 0) is 4.74 Å². The van der Waals surface area contributed by atoms with Crippen LogP contribution in [0.5, 0.6) is 0 Å². The smallest absolute Gasteiger partial charge is 0.191 e. The monoisotopic (exact) mass is 366 g/mol. The number of hydrogen-bond donors (Lipinski definition) is 1. The fourth-order valence-electron chi connectivity index (χ4n) is 2.03. The molecule has 1 fully saturated rings. The number of ether oxygens (including phenoxy) is 1. The van der Waals surface area contributed by atoms with Crippen molar-refractivity contribution in [3.05, 3.63) is 11.6 Å². The minimum Gasteiger partial charge on any atom is -0.378 e. The lowest BCUT2D eigenvalue weighted by molar-refractivity contribution is 0.0674. The summed E-state index contributed by atoms with van der Waals surface area (Å²) in [7, 11) is 2.14. The summed E-state index contributed by atoms with van der Waals surface area (Å²) in [5.74, 6) is 0.660. The lowest BCUT2D eigenvalue weighted by Crippen LogP contribution is -2.44. The van der Waals surface area contributed by atoms with Crippen molar-refractivity contribution in [1.82, 2.24) is 9.80 Å². The first-order valence-corrected chi connectivity index (χ1v) is 6.25. The number of hydrogen-bond acceptors (Lipinski definition) is 3. The zero-order chi connectivity index (χ0) is 12.1. The molecule has 0 bridgehead atoms. The van der Waals surface area contributed by atoms with Crippen molar-refractivity contribution in [3.63, 3.8) is 0 Å². The van der Waals surface area contributed by atoms with Gasteiger partial charge in [0, 0.05) is 26.2 Å². The first-order chi connectivity index (χ1) is 8.25. The molecule has 0 aromatic heterocycles. The van der Waals surface area contributed by atoms with E-state index < -0.39 is 0 Å². The highest BCUT2D eigenvalue weighted by atomic mass is 127. The highest BCUT2D eigenvalue weighted by molar-refractivity contribution is 14.0. The molecule has 2 aliphatic heterocycles. The maximum absolute atomic E-state index is 5.98. The number of halogens is 1. The van der Waals surface area contributed by atoms with Crippen LogP contribution in [0.25, 0.3) is 0 Å². The van der Waals surface area contributed by atoms with Gasteiger partial charge in [-0.1, -0.05) is 11.6 Å². The van der Waals surface area contributed by atoms with Crippen LogP contribution < -0.4 is 5.73 Å². The summed E-state index contributed by atoms with van der Waals surface area (Å²) in [5.41, 5.74) is 7.38. The zero-order valence-corrected chi connectivity index (χ0v) is 13.3. The van der Waals surface area contributed by atoms with E-state index in [-0.39, 0.29) is 24.0 Å². The number of aliphatic imine (C=N–C) groups is 1. The standard InChI is InChI=1S/C12H22N4O.HI/c1-15-4-2-11(3-5-15)10-14-12(13)16-6-8-17-9-7-16;/h2H,3-10H2,1H3,(H2,13,14);1H. The summed E-state index contributed by atoms with van der Waals surface area (Å²) in [5, 5.41) is 0. The van der Waals surface area contributed by atoms with Crippen LogP contribution in [0.1, 0.15) is 6.42 Å². The van der Waals surface area contributed by atoms with Crippen molar-refractivity contribution in [1.29, 1.82) is 0 Å². The van der Waals surface area contributed by atoms with Crippen molar-refractivity contribution in [2.75, 3.05) is 53.0 Å². The molecule has 2 aliphatic rings. The molecule has 0 aromatic carbocycles. The van der Waals surface area contributed by atoms with Crippen LogP contribution in [0, 0.1) is 0 Å². The molecule has 0 aromatic rings. The van der Waals surface area contributed by atoms with E-state index in [1.165, 1.54) is 5.57 Å². The minimum atomic E-state index is 0. The Morgan fingerprint density at radius 3 is 2.72 bits per heavy atom. The molecule has 104 valence electrons. The predicted molar refractivity (Wildman–Crippen MR) is 84.5 cm³/mol. The van der Waals surface area contributed by atoms with E-state index >= 15 is 0 Å². The van der Waals surface area contributed by atoms with Gasteiger partial charge >= 0.3 is 0 Å². The summed E-state index contributed by atoms with van der Waals surface area (Å²) in [4.78, 5) is 8.87. The molecule has 0 radical (unpaired) electrons. The Morgan fingerprint density at radius 1 is 1.39 bits per heavy atom. The third-order valence-corrected chi connectivity index (χ3v) is 3.29. The number of likely N-dealkylation sites (N-methyl/N-ethyl adjacent to an activating group) is 1. The Kier molecular flexibility index (Phi) is 6.95. The number of guanidine groups is 1. The van der Waals surface area contributed by atoms with Gasteiger partial charge in [0.05, 0.1) is 19.8 Å². The molecule has 0 spiro atoms. The second kappa shape index (κ2) is 7.96. The van der Waals surface area contributed by atoms with Gasteiger partial charge in [-0.3, -0.25) is 0 Å². The summed E-state index contributed by atoms with van der Waals surface area (Å²) in [6, 6.07) is 0. The third kappa shape index (κ3) is 4.74. The molecule has 1 saturated heterocycles. The van der Waals surface area contributed by atoms with Crippen LogP contribution in [0.3, 0.4) is 0 Å². The molecule has 5 nitrogen and oxygen atoms in total. The van der Waals surface area contributed by atoms with E-state index in [0.29, 0.717) is 5.96 Å². The highest BCUT2D eigenvalue weighted by Gasteiger charge is 2.12. The average molecular weight is 366 g/mol. The molecule has 0 atom stereocenters. The van der Waals surface area contributed by atoms with E-state index in [4.69, 9.17) is 10.5 Å². The minimum absolute atomic E-state index is 0. The maximum Gasteiger partial charge on any atom is 0.191 e. The highest BCUT2D eigenvalue weighted by Crippen LogP contribution is 2.09. The normalized spacial score (nSPS) is 22.4. The van der Waals surface area contributed by atoms with Gasteiger partial charge in [-0.15, -0.1) is 24.0 Å². The molecule has 0 aliphatic carbocycles. The van der Waals surface area contributed by atoms with Crippen molar-refractivity contribution in [2.45, 2.75) is 6.42 Å². The molecule has 2 heterocycles. The zero-order valence-electron chi connectivity index (χ0n) is 11.0. The average Bonchev–Trinajstić information content (AvgIpc) is 2.39. The molecular formula is C12H23IN4O. The number of nitrogens with zero attached hydrogens (tertiary/aromatic N) is 3. The van der Waals surface area contributed by atoms with Crippen molar-refractivity contribution in [3.8, 4) is 0 Å². The second-order valence-corrected chi connectivity index (χ2v) is 4.65. The molecule has 0 saturated carbocycles. The first-order valence-electron chi connectivity index (χ1n) is 6.25. The fraction of sp³-hybridized carbons (Fsp3) is 0.750. The van der Waals surface area contributed by atoms with Crippen LogP contribution in [0.4, 0.5) is 0 Å². The van der Waals surface area contributed by atoms with Gasteiger partial charge in [0.25, 0.3) is 0 Å². The largest absolute Gasteiger partial charge is 0.378 e. The van der Waals surface area contributed by atoms with E-state index in [9.17, 15) is 0 Å². The van der Waals surface area contributed by atoms with E-state index in [1.807, 2.05) is 0 Å². The summed E-state index contributed by atoms with van der Waals surface area (Å²) < 4.78 is 5.29. The number of morpholine rings is 1. The summed E-state index contributed by atoms with van der Waals surface area (Å²) in [6.07, 6.45) is 3.37. The quantitative estimate of drug-likeness (QED) is 0.335. The van der Waals surface area contributed by atoms with Gasteiger partial charge < -0.3 is 20.3 Å². The Bertz CT molecular complexity index is 313. The molecule has 2 rings (SSSR count). The third-order valence-electron chi connectivity index (χ3n) is 3.29. The predicted octanol–water partition coefficient (Wildman–Crippen LogP) is 0.513. The van der Waals surface area contributed by atoms with Gasteiger partial charge in [0.1, 0.15) is 0 Å². The molecule has 0 unspecified atom stereocenters. The van der Waals surface area contributed by atoms with Crippen LogP contribution in [0.2, 0.25) is 0 Å². The maximum atomic E-state index is 5.98. The second-order valence-electron chi connectivity index (χ2n) is 4.65.